The highest BCUT2D eigenvalue weighted by Crippen LogP contribution is 2.21. The molecule has 1 unspecified atom stereocenters. The van der Waals surface area contributed by atoms with Crippen LogP contribution in [0.3, 0.4) is 0 Å². The summed E-state index contributed by atoms with van der Waals surface area (Å²) in [4.78, 5) is 30.8. The second-order valence-electron chi connectivity index (χ2n) is 6.61. The normalized spacial score (nSPS) is 15.9. The summed E-state index contributed by atoms with van der Waals surface area (Å²) in [5.41, 5.74) is 1.32. The molecule has 7 nitrogen and oxygen atoms in total. The van der Waals surface area contributed by atoms with E-state index in [0.717, 1.165) is 11.3 Å². The predicted molar refractivity (Wildman–Crippen MR) is 105 cm³/mol. The average Bonchev–Trinajstić information content (AvgIpc) is 3.17. The van der Waals surface area contributed by atoms with Crippen molar-refractivity contribution in [3.8, 4) is 11.6 Å². The summed E-state index contributed by atoms with van der Waals surface area (Å²) in [6.45, 7) is 3.49. The molecule has 2 amide bonds. The van der Waals surface area contributed by atoms with Gasteiger partial charge in [0.2, 0.25) is 11.8 Å². The fraction of sp³-hybridized carbons (Fsp3) is 0.381. The van der Waals surface area contributed by atoms with Gasteiger partial charge in [-0.05, 0) is 36.8 Å². The third kappa shape index (κ3) is 4.79. The van der Waals surface area contributed by atoms with Crippen molar-refractivity contribution in [3.05, 3.63) is 53.7 Å². The van der Waals surface area contributed by atoms with E-state index in [0.29, 0.717) is 43.9 Å². The molecule has 0 radical (unpaired) electrons. The van der Waals surface area contributed by atoms with Crippen molar-refractivity contribution in [3.63, 3.8) is 0 Å². The van der Waals surface area contributed by atoms with Gasteiger partial charge in [0, 0.05) is 25.7 Å². The zero-order chi connectivity index (χ0) is 19.9. The Balaban J connectivity index is 1.60. The largest absolute Gasteiger partial charge is 0.497 e. The summed E-state index contributed by atoms with van der Waals surface area (Å²) < 4.78 is 11.2. The summed E-state index contributed by atoms with van der Waals surface area (Å²) >= 11 is 0. The third-order valence-corrected chi connectivity index (χ3v) is 4.62. The monoisotopic (exact) mass is 383 g/mol. The van der Waals surface area contributed by atoms with Gasteiger partial charge in [0.05, 0.1) is 20.1 Å². The number of ether oxygens (including phenoxy) is 2. The molecule has 1 aliphatic heterocycles. The lowest BCUT2D eigenvalue weighted by molar-refractivity contribution is -0.129. The quantitative estimate of drug-likeness (QED) is 0.792. The van der Waals surface area contributed by atoms with Gasteiger partial charge in [-0.1, -0.05) is 12.1 Å². The lowest BCUT2D eigenvalue weighted by atomic mass is 10.1. The SMILES string of the molecule is CCNC(=O)c1cccnc1OC1CCN(C(=O)Cc2cccc(OC)c2)C1. The van der Waals surface area contributed by atoms with Crippen LogP contribution < -0.4 is 14.8 Å². The van der Waals surface area contributed by atoms with Gasteiger partial charge in [0.1, 0.15) is 17.4 Å². The van der Waals surface area contributed by atoms with Crippen molar-refractivity contribution < 1.29 is 19.1 Å². The molecular formula is C21H25N3O4. The van der Waals surface area contributed by atoms with E-state index in [9.17, 15) is 9.59 Å². The van der Waals surface area contributed by atoms with Crippen LogP contribution in [0, 0.1) is 0 Å². The Morgan fingerprint density at radius 2 is 2.14 bits per heavy atom. The van der Waals surface area contributed by atoms with Crippen LogP contribution in [0.5, 0.6) is 11.6 Å². The molecule has 1 aliphatic rings. The molecular weight excluding hydrogens is 358 g/mol. The lowest BCUT2D eigenvalue weighted by Gasteiger charge is -2.18. The number of carbonyl (C=O) groups is 2. The van der Waals surface area contributed by atoms with Crippen LogP contribution in [0.15, 0.2) is 42.6 Å². The number of hydrogen-bond donors (Lipinski definition) is 1. The van der Waals surface area contributed by atoms with E-state index in [-0.39, 0.29) is 17.9 Å². The zero-order valence-corrected chi connectivity index (χ0v) is 16.2. The zero-order valence-electron chi connectivity index (χ0n) is 16.2. The second-order valence-corrected chi connectivity index (χ2v) is 6.61. The van der Waals surface area contributed by atoms with Crippen molar-refractivity contribution >= 4 is 11.8 Å². The first kappa shape index (κ1) is 19.7. The number of hydrogen-bond acceptors (Lipinski definition) is 5. The highest BCUT2D eigenvalue weighted by atomic mass is 16.5. The van der Waals surface area contributed by atoms with E-state index in [1.54, 1.807) is 30.3 Å². The predicted octanol–water partition coefficient (Wildman–Crippen LogP) is 2.06. The number of benzene rings is 1. The molecule has 0 bridgehead atoms. The minimum Gasteiger partial charge on any atom is -0.497 e. The molecule has 0 aliphatic carbocycles. The Bertz CT molecular complexity index is 840. The summed E-state index contributed by atoms with van der Waals surface area (Å²) in [6, 6.07) is 10.9. The number of pyridine rings is 1. The molecule has 148 valence electrons. The summed E-state index contributed by atoms with van der Waals surface area (Å²) in [6.07, 6.45) is 2.43. The second kappa shape index (κ2) is 9.21. The number of aromatic nitrogens is 1. The molecule has 1 N–H and O–H groups in total. The molecule has 1 atom stereocenters. The van der Waals surface area contributed by atoms with Gasteiger partial charge in [-0.25, -0.2) is 4.98 Å². The number of rotatable bonds is 7. The molecule has 0 spiro atoms. The molecule has 1 aromatic carbocycles. The van der Waals surface area contributed by atoms with Crippen LogP contribution in [-0.2, 0) is 11.2 Å². The number of methoxy groups -OCH3 is 1. The Kier molecular flexibility index (Phi) is 6.47. The summed E-state index contributed by atoms with van der Waals surface area (Å²) in [7, 11) is 1.61. The van der Waals surface area contributed by atoms with Crippen LogP contribution in [0.2, 0.25) is 0 Å². The molecule has 1 saturated heterocycles. The van der Waals surface area contributed by atoms with E-state index in [1.165, 1.54) is 0 Å². The van der Waals surface area contributed by atoms with Crippen LogP contribution in [-0.4, -0.2) is 54.5 Å². The van der Waals surface area contributed by atoms with Crippen LogP contribution in [0.1, 0.15) is 29.3 Å². The maximum Gasteiger partial charge on any atom is 0.256 e. The summed E-state index contributed by atoms with van der Waals surface area (Å²) in [5.74, 6) is 0.875. The fourth-order valence-electron chi connectivity index (χ4n) is 3.19. The average molecular weight is 383 g/mol. The van der Waals surface area contributed by atoms with Crippen LogP contribution in [0.4, 0.5) is 0 Å². The van der Waals surface area contributed by atoms with E-state index in [4.69, 9.17) is 9.47 Å². The third-order valence-electron chi connectivity index (χ3n) is 4.62. The first-order valence-electron chi connectivity index (χ1n) is 9.41. The number of nitrogens with zero attached hydrogens (tertiary/aromatic N) is 2. The Labute approximate surface area is 164 Å². The topological polar surface area (TPSA) is 80.8 Å². The molecule has 28 heavy (non-hydrogen) atoms. The molecule has 7 heteroatoms. The van der Waals surface area contributed by atoms with Gasteiger partial charge in [-0.2, -0.15) is 0 Å². The van der Waals surface area contributed by atoms with Crippen molar-refractivity contribution in [2.75, 3.05) is 26.7 Å². The van der Waals surface area contributed by atoms with Gasteiger partial charge in [-0.3, -0.25) is 9.59 Å². The van der Waals surface area contributed by atoms with Crippen molar-refractivity contribution in [2.45, 2.75) is 25.9 Å². The molecule has 1 fully saturated rings. The van der Waals surface area contributed by atoms with Crippen LogP contribution >= 0.6 is 0 Å². The minimum atomic E-state index is -0.213. The smallest absolute Gasteiger partial charge is 0.256 e. The lowest BCUT2D eigenvalue weighted by Crippen LogP contribution is -2.32. The number of nitrogens with one attached hydrogen (secondary N) is 1. The fourth-order valence-corrected chi connectivity index (χ4v) is 3.19. The molecule has 2 aromatic rings. The number of amides is 2. The number of carbonyl (C=O) groups excluding carboxylic acids is 2. The number of likely N-dealkylation sites (tertiary alicyclic amines) is 1. The Morgan fingerprint density at radius 3 is 2.93 bits per heavy atom. The molecule has 3 rings (SSSR count). The maximum atomic E-state index is 12.6. The van der Waals surface area contributed by atoms with E-state index >= 15 is 0 Å². The Morgan fingerprint density at radius 1 is 1.29 bits per heavy atom. The first-order valence-corrected chi connectivity index (χ1v) is 9.41. The van der Waals surface area contributed by atoms with E-state index in [1.807, 2.05) is 31.2 Å². The van der Waals surface area contributed by atoms with Gasteiger partial charge >= 0.3 is 0 Å². The van der Waals surface area contributed by atoms with Crippen molar-refractivity contribution in [2.24, 2.45) is 0 Å². The maximum absolute atomic E-state index is 12.6. The highest BCUT2D eigenvalue weighted by molar-refractivity contribution is 5.96. The van der Waals surface area contributed by atoms with Gasteiger partial charge in [0.25, 0.3) is 5.91 Å². The van der Waals surface area contributed by atoms with Crippen LogP contribution in [0.25, 0.3) is 0 Å². The minimum absolute atomic E-state index is 0.0457. The standard InChI is InChI=1S/C21H25N3O4/c1-3-22-20(26)18-8-5-10-23-21(18)28-17-9-11-24(14-17)19(25)13-15-6-4-7-16(12-15)27-2/h4-8,10,12,17H,3,9,11,13-14H2,1-2H3,(H,22,26). The van der Waals surface area contributed by atoms with Gasteiger partial charge in [-0.15, -0.1) is 0 Å². The van der Waals surface area contributed by atoms with Gasteiger partial charge in [0.15, 0.2) is 0 Å². The van der Waals surface area contributed by atoms with E-state index < -0.39 is 0 Å². The highest BCUT2D eigenvalue weighted by Gasteiger charge is 2.29. The Hall–Kier alpha value is -3.09. The van der Waals surface area contributed by atoms with E-state index in [2.05, 4.69) is 10.3 Å². The van der Waals surface area contributed by atoms with Crippen molar-refractivity contribution in [1.29, 1.82) is 0 Å². The molecule has 0 saturated carbocycles. The molecule has 1 aromatic heterocycles. The van der Waals surface area contributed by atoms with Crippen molar-refractivity contribution in [1.82, 2.24) is 15.2 Å². The first-order chi connectivity index (χ1) is 13.6. The van der Waals surface area contributed by atoms with Gasteiger partial charge < -0.3 is 19.7 Å². The molecule has 2 heterocycles. The summed E-state index contributed by atoms with van der Waals surface area (Å²) in [5, 5.41) is 2.76.